The summed E-state index contributed by atoms with van der Waals surface area (Å²) in [5, 5.41) is 10.1. The van der Waals surface area contributed by atoms with Gasteiger partial charge in [0.15, 0.2) is 0 Å². The minimum Gasteiger partial charge on any atom is -0.496 e. The van der Waals surface area contributed by atoms with Crippen molar-refractivity contribution >= 4 is 46.6 Å². The molecule has 0 aliphatic rings. The number of benzene rings is 2. The summed E-state index contributed by atoms with van der Waals surface area (Å²) < 4.78 is 10.2. The third-order valence-electron chi connectivity index (χ3n) is 3.89. The van der Waals surface area contributed by atoms with E-state index in [0.29, 0.717) is 21.4 Å². The van der Waals surface area contributed by atoms with Crippen molar-refractivity contribution in [2.45, 2.75) is 0 Å². The van der Waals surface area contributed by atoms with Gasteiger partial charge in [-0.15, -0.1) is 0 Å². The second-order valence-electron chi connectivity index (χ2n) is 5.90. The van der Waals surface area contributed by atoms with E-state index >= 15 is 0 Å². The summed E-state index contributed by atoms with van der Waals surface area (Å²) in [5.41, 5.74) is 0.728. The molecule has 0 spiro atoms. The van der Waals surface area contributed by atoms with Crippen LogP contribution in [0.5, 0.6) is 5.75 Å². The Hall–Kier alpha value is -2.81. The van der Waals surface area contributed by atoms with E-state index in [9.17, 15) is 9.59 Å². The van der Waals surface area contributed by atoms with Gasteiger partial charge in [-0.1, -0.05) is 40.0 Å². The van der Waals surface area contributed by atoms with Gasteiger partial charge in [0, 0.05) is 23.1 Å². The van der Waals surface area contributed by atoms with Gasteiger partial charge >= 0.3 is 11.8 Å². The van der Waals surface area contributed by atoms with Crippen molar-refractivity contribution in [2.75, 3.05) is 20.2 Å². The lowest BCUT2D eigenvalue weighted by atomic mass is 10.2. The van der Waals surface area contributed by atoms with E-state index < -0.39 is 11.8 Å². The van der Waals surface area contributed by atoms with Crippen molar-refractivity contribution in [3.8, 4) is 17.1 Å². The Balaban J connectivity index is 1.56. The van der Waals surface area contributed by atoms with Crippen molar-refractivity contribution in [1.82, 2.24) is 20.8 Å². The number of rotatable bonds is 7. The van der Waals surface area contributed by atoms with Gasteiger partial charge in [0.05, 0.1) is 23.3 Å². The van der Waals surface area contributed by atoms with Crippen LogP contribution in [0.3, 0.4) is 0 Å². The van der Waals surface area contributed by atoms with E-state index in [1.807, 2.05) is 0 Å². The number of nitrogens with zero attached hydrogens (tertiary/aromatic N) is 2. The van der Waals surface area contributed by atoms with E-state index in [2.05, 4.69) is 20.8 Å². The van der Waals surface area contributed by atoms with E-state index in [1.165, 1.54) is 19.2 Å². The average Bonchev–Trinajstić information content (AvgIpc) is 3.23. The van der Waals surface area contributed by atoms with Gasteiger partial charge in [-0.2, -0.15) is 4.98 Å². The second kappa shape index (κ2) is 9.80. The number of hydrogen-bond donors (Lipinski definition) is 2. The predicted octanol–water partition coefficient (Wildman–Crippen LogP) is 3.87. The lowest BCUT2D eigenvalue weighted by molar-refractivity contribution is 0.0898. The fraction of sp³-hybridized carbons (Fsp3) is 0.158. The van der Waals surface area contributed by atoms with E-state index in [4.69, 9.17) is 44.1 Å². The number of hydrogen-bond acceptors (Lipinski definition) is 6. The topological polar surface area (TPSA) is 106 Å². The van der Waals surface area contributed by atoms with Crippen molar-refractivity contribution in [2.24, 2.45) is 0 Å². The molecule has 0 bridgehead atoms. The van der Waals surface area contributed by atoms with Crippen molar-refractivity contribution in [1.29, 1.82) is 0 Å². The molecule has 3 rings (SSSR count). The van der Waals surface area contributed by atoms with Crippen LogP contribution in [0.1, 0.15) is 21.0 Å². The molecular formula is C19H15Cl3N4O4. The predicted molar refractivity (Wildman–Crippen MR) is 112 cm³/mol. The molecular weight excluding hydrogens is 455 g/mol. The number of carbonyl (C=O) groups is 2. The summed E-state index contributed by atoms with van der Waals surface area (Å²) >= 11 is 17.9. The zero-order valence-electron chi connectivity index (χ0n) is 15.5. The summed E-state index contributed by atoms with van der Waals surface area (Å²) in [4.78, 5) is 28.4. The van der Waals surface area contributed by atoms with Crippen LogP contribution in [0.2, 0.25) is 15.1 Å². The minimum absolute atomic E-state index is 0.126. The number of ether oxygens (including phenoxy) is 1. The fourth-order valence-corrected chi connectivity index (χ4v) is 3.02. The molecule has 2 N–H and O–H groups in total. The molecule has 11 heteroatoms. The molecule has 2 aromatic carbocycles. The van der Waals surface area contributed by atoms with Crippen LogP contribution in [-0.4, -0.2) is 42.2 Å². The first kappa shape index (κ1) is 21.9. The molecule has 0 aliphatic heterocycles. The highest BCUT2D eigenvalue weighted by molar-refractivity contribution is 6.35. The third-order valence-corrected chi connectivity index (χ3v) is 4.69. The molecule has 0 radical (unpaired) electrons. The maximum atomic E-state index is 12.2. The highest BCUT2D eigenvalue weighted by Crippen LogP contribution is 2.30. The standard InChI is InChI=1S/C19H15Cl3N4O4/c1-29-15-5-3-11(21)9-13(15)16-25-19(30-26-16)18(28)24-7-6-23-17(27)12-8-10(20)2-4-14(12)22/h2-5,8-9H,6-7H2,1H3,(H,23,27)(H,24,28). The van der Waals surface area contributed by atoms with Gasteiger partial charge in [-0.05, 0) is 36.4 Å². The van der Waals surface area contributed by atoms with Crippen molar-refractivity contribution in [3.05, 3.63) is 62.9 Å². The van der Waals surface area contributed by atoms with Crippen LogP contribution < -0.4 is 15.4 Å². The Bertz CT molecular complexity index is 1090. The lowest BCUT2D eigenvalue weighted by Gasteiger charge is -2.07. The van der Waals surface area contributed by atoms with Gasteiger partial charge in [0.2, 0.25) is 5.82 Å². The highest BCUT2D eigenvalue weighted by atomic mass is 35.5. The molecule has 2 amide bonds. The smallest absolute Gasteiger partial charge is 0.316 e. The number of carbonyl (C=O) groups excluding carboxylic acids is 2. The fourth-order valence-electron chi connectivity index (χ4n) is 2.47. The normalized spacial score (nSPS) is 10.5. The zero-order valence-corrected chi connectivity index (χ0v) is 17.8. The Morgan fingerprint density at radius 1 is 1.00 bits per heavy atom. The Kier molecular flexibility index (Phi) is 7.15. The maximum Gasteiger partial charge on any atom is 0.316 e. The van der Waals surface area contributed by atoms with Crippen LogP contribution in [0, 0.1) is 0 Å². The van der Waals surface area contributed by atoms with Gasteiger partial charge in [-0.3, -0.25) is 9.59 Å². The SMILES string of the molecule is COc1ccc(Cl)cc1-c1noc(C(=O)NCCNC(=O)c2cc(Cl)ccc2Cl)n1. The molecule has 0 saturated carbocycles. The molecule has 30 heavy (non-hydrogen) atoms. The monoisotopic (exact) mass is 468 g/mol. The molecule has 3 aromatic rings. The summed E-state index contributed by atoms with van der Waals surface area (Å²) in [7, 11) is 1.49. The Morgan fingerprint density at radius 2 is 1.67 bits per heavy atom. The van der Waals surface area contributed by atoms with Gasteiger partial charge < -0.3 is 19.9 Å². The lowest BCUT2D eigenvalue weighted by Crippen LogP contribution is -2.34. The summed E-state index contributed by atoms with van der Waals surface area (Å²) in [5.74, 6) is -0.608. The molecule has 0 atom stereocenters. The molecule has 0 unspecified atom stereocenters. The summed E-state index contributed by atoms with van der Waals surface area (Å²) in [6.07, 6.45) is 0. The maximum absolute atomic E-state index is 12.2. The first-order valence-corrected chi connectivity index (χ1v) is 9.71. The number of nitrogens with one attached hydrogen (secondary N) is 2. The van der Waals surface area contributed by atoms with Crippen LogP contribution in [0.15, 0.2) is 40.9 Å². The van der Waals surface area contributed by atoms with Crippen LogP contribution >= 0.6 is 34.8 Å². The van der Waals surface area contributed by atoms with Crippen LogP contribution in [-0.2, 0) is 0 Å². The van der Waals surface area contributed by atoms with Gasteiger partial charge in [0.1, 0.15) is 5.75 Å². The quantitative estimate of drug-likeness (QED) is 0.509. The zero-order chi connectivity index (χ0) is 21.7. The molecule has 0 saturated heterocycles. The van der Waals surface area contributed by atoms with Crippen LogP contribution in [0.4, 0.5) is 0 Å². The Labute approximate surface area is 186 Å². The number of halogens is 3. The molecule has 156 valence electrons. The van der Waals surface area contributed by atoms with E-state index in [-0.39, 0.29) is 35.4 Å². The molecule has 0 fully saturated rings. The first-order valence-electron chi connectivity index (χ1n) is 8.58. The second-order valence-corrected chi connectivity index (χ2v) is 7.18. The number of amides is 2. The first-order chi connectivity index (χ1) is 14.4. The number of aromatic nitrogens is 2. The van der Waals surface area contributed by atoms with Gasteiger partial charge in [0.25, 0.3) is 5.91 Å². The molecule has 1 heterocycles. The Morgan fingerprint density at radius 3 is 2.40 bits per heavy atom. The van der Waals surface area contributed by atoms with E-state index in [0.717, 1.165) is 0 Å². The average molecular weight is 470 g/mol. The molecule has 8 nitrogen and oxygen atoms in total. The summed E-state index contributed by atoms with van der Waals surface area (Å²) in [6.45, 7) is 0.275. The van der Waals surface area contributed by atoms with Crippen LogP contribution in [0.25, 0.3) is 11.4 Å². The number of methoxy groups -OCH3 is 1. The van der Waals surface area contributed by atoms with E-state index in [1.54, 1.807) is 24.3 Å². The summed E-state index contributed by atoms with van der Waals surface area (Å²) in [6, 6.07) is 9.48. The minimum atomic E-state index is -0.593. The largest absolute Gasteiger partial charge is 0.496 e. The van der Waals surface area contributed by atoms with Crippen molar-refractivity contribution in [3.63, 3.8) is 0 Å². The molecule has 1 aromatic heterocycles. The molecule has 0 aliphatic carbocycles. The van der Waals surface area contributed by atoms with Crippen molar-refractivity contribution < 1.29 is 18.8 Å². The highest BCUT2D eigenvalue weighted by Gasteiger charge is 2.18. The third kappa shape index (κ3) is 5.21. The van der Waals surface area contributed by atoms with Gasteiger partial charge in [-0.25, -0.2) is 0 Å².